The summed E-state index contributed by atoms with van der Waals surface area (Å²) in [7, 11) is 0. The van der Waals surface area contributed by atoms with Crippen molar-refractivity contribution in [2.24, 2.45) is 0 Å². The summed E-state index contributed by atoms with van der Waals surface area (Å²) in [5, 5.41) is 12.7. The van der Waals surface area contributed by atoms with Crippen LogP contribution in [-0.2, 0) is 0 Å². The number of hydrogen-bond acceptors (Lipinski definition) is 1. The highest BCUT2D eigenvalue weighted by molar-refractivity contribution is 6.36. The second-order valence-electron chi connectivity index (χ2n) is 4.16. The quantitative estimate of drug-likeness (QED) is 0.657. The van der Waals surface area contributed by atoms with Crippen LogP contribution in [0.3, 0.4) is 0 Å². The minimum Gasteiger partial charge on any atom is -0.507 e. The molecule has 0 aliphatic rings. The van der Waals surface area contributed by atoms with Gasteiger partial charge in [-0.2, -0.15) is 0 Å². The number of fused-ring (bicyclic) bond motifs is 1. The van der Waals surface area contributed by atoms with E-state index in [2.05, 4.69) is 0 Å². The van der Waals surface area contributed by atoms with Crippen LogP contribution in [0.2, 0.25) is 5.02 Å². The molecule has 3 aromatic rings. The standard InChI is InChI=1S/C16H11ClO/c17-15-10-9-12(11-5-1-2-6-13(11)15)14-7-3-4-8-16(14)18/h1-10,18H. The average Bonchev–Trinajstić information content (AvgIpc) is 2.41. The van der Waals surface area contributed by atoms with Gasteiger partial charge in [0.1, 0.15) is 5.75 Å². The molecule has 0 radical (unpaired) electrons. The van der Waals surface area contributed by atoms with Crippen LogP contribution in [-0.4, -0.2) is 5.11 Å². The molecule has 2 heteroatoms. The number of phenols is 1. The summed E-state index contributed by atoms with van der Waals surface area (Å²) in [6.07, 6.45) is 0. The molecule has 88 valence electrons. The van der Waals surface area contributed by atoms with Gasteiger partial charge in [-0.1, -0.05) is 60.1 Å². The summed E-state index contributed by atoms with van der Waals surface area (Å²) >= 11 is 6.19. The Hall–Kier alpha value is -1.99. The van der Waals surface area contributed by atoms with E-state index in [9.17, 15) is 5.11 Å². The van der Waals surface area contributed by atoms with Crippen molar-refractivity contribution in [3.8, 4) is 16.9 Å². The third-order valence-corrected chi connectivity index (χ3v) is 3.39. The van der Waals surface area contributed by atoms with Crippen molar-refractivity contribution in [1.29, 1.82) is 0 Å². The Balaban J connectivity index is 2.38. The fourth-order valence-corrected chi connectivity index (χ4v) is 2.43. The van der Waals surface area contributed by atoms with Gasteiger partial charge in [-0.3, -0.25) is 0 Å². The average molecular weight is 255 g/mol. The maximum atomic E-state index is 9.96. The van der Waals surface area contributed by atoms with Gasteiger partial charge in [0.25, 0.3) is 0 Å². The van der Waals surface area contributed by atoms with Gasteiger partial charge < -0.3 is 5.11 Å². The summed E-state index contributed by atoms with van der Waals surface area (Å²) in [6, 6.07) is 19.1. The number of benzene rings is 3. The number of hydrogen-bond donors (Lipinski definition) is 1. The highest BCUT2D eigenvalue weighted by Crippen LogP contribution is 2.36. The van der Waals surface area contributed by atoms with Crippen LogP contribution in [0, 0.1) is 0 Å². The van der Waals surface area contributed by atoms with Gasteiger partial charge in [0, 0.05) is 16.0 Å². The van der Waals surface area contributed by atoms with E-state index in [-0.39, 0.29) is 5.75 Å². The Bertz CT molecular complexity index is 719. The minimum absolute atomic E-state index is 0.282. The SMILES string of the molecule is Oc1ccccc1-c1ccc(Cl)c2ccccc12. The summed E-state index contributed by atoms with van der Waals surface area (Å²) in [6.45, 7) is 0. The fourth-order valence-electron chi connectivity index (χ4n) is 2.20. The van der Waals surface area contributed by atoms with Gasteiger partial charge in [0.05, 0.1) is 0 Å². The smallest absolute Gasteiger partial charge is 0.123 e. The summed E-state index contributed by atoms with van der Waals surface area (Å²) in [4.78, 5) is 0. The van der Waals surface area contributed by atoms with E-state index in [1.54, 1.807) is 6.07 Å². The Morgan fingerprint density at radius 1 is 0.667 bits per heavy atom. The normalized spacial score (nSPS) is 10.7. The number of aromatic hydroxyl groups is 1. The van der Waals surface area contributed by atoms with E-state index in [0.29, 0.717) is 0 Å². The number of para-hydroxylation sites is 1. The van der Waals surface area contributed by atoms with Crippen LogP contribution in [0.15, 0.2) is 60.7 Å². The van der Waals surface area contributed by atoms with Crippen LogP contribution in [0.4, 0.5) is 0 Å². The Kier molecular flexibility index (Phi) is 2.69. The zero-order valence-corrected chi connectivity index (χ0v) is 10.4. The Morgan fingerprint density at radius 3 is 2.11 bits per heavy atom. The Labute approximate surface area is 110 Å². The molecule has 1 nitrogen and oxygen atoms in total. The van der Waals surface area contributed by atoms with Crippen LogP contribution in [0.5, 0.6) is 5.75 Å². The first-order valence-corrected chi connectivity index (χ1v) is 6.11. The van der Waals surface area contributed by atoms with Crippen LogP contribution >= 0.6 is 11.6 Å². The van der Waals surface area contributed by atoms with Crippen LogP contribution < -0.4 is 0 Å². The van der Waals surface area contributed by atoms with E-state index in [4.69, 9.17) is 11.6 Å². The van der Waals surface area contributed by atoms with Gasteiger partial charge in [-0.05, 0) is 23.1 Å². The van der Waals surface area contributed by atoms with Crippen LogP contribution in [0.1, 0.15) is 0 Å². The van der Waals surface area contributed by atoms with Crippen LogP contribution in [0.25, 0.3) is 21.9 Å². The molecule has 0 spiro atoms. The van der Waals surface area contributed by atoms with E-state index < -0.39 is 0 Å². The molecule has 0 aliphatic heterocycles. The molecule has 0 aliphatic carbocycles. The lowest BCUT2D eigenvalue weighted by Crippen LogP contribution is -1.83. The molecular formula is C16H11ClO. The second-order valence-corrected chi connectivity index (χ2v) is 4.56. The zero-order chi connectivity index (χ0) is 12.5. The van der Waals surface area contributed by atoms with Crippen molar-refractivity contribution in [1.82, 2.24) is 0 Å². The largest absolute Gasteiger partial charge is 0.507 e. The lowest BCUT2D eigenvalue weighted by Gasteiger charge is -2.09. The molecule has 3 rings (SSSR count). The maximum Gasteiger partial charge on any atom is 0.123 e. The molecule has 18 heavy (non-hydrogen) atoms. The van der Waals surface area contributed by atoms with E-state index in [1.807, 2.05) is 54.6 Å². The molecule has 0 bridgehead atoms. The molecule has 1 N–H and O–H groups in total. The first kappa shape index (κ1) is 11.1. The zero-order valence-electron chi connectivity index (χ0n) is 9.60. The molecular weight excluding hydrogens is 244 g/mol. The highest BCUT2D eigenvalue weighted by Gasteiger charge is 2.08. The summed E-state index contributed by atoms with van der Waals surface area (Å²) in [5.41, 5.74) is 1.82. The third-order valence-electron chi connectivity index (χ3n) is 3.07. The van der Waals surface area contributed by atoms with Crippen molar-refractivity contribution in [3.05, 3.63) is 65.7 Å². The van der Waals surface area contributed by atoms with E-state index in [0.717, 1.165) is 26.9 Å². The number of halogens is 1. The summed E-state index contributed by atoms with van der Waals surface area (Å²) in [5.74, 6) is 0.282. The van der Waals surface area contributed by atoms with Gasteiger partial charge in [0.2, 0.25) is 0 Å². The lowest BCUT2D eigenvalue weighted by atomic mass is 9.98. The molecule has 0 saturated heterocycles. The molecule has 0 atom stereocenters. The third kappa shape index (κ3) is 1.73. The first-order valence-electron chi connectivity index (χ1n) is 5.73. The molecule has 0 unspecified atom stereocenters. The molecule has 3 aromatic carbocycles. The molecule has 0 saturated carbocycles. The van der Waals surface area contributed by atoms with Gasteiger partial charge in [-0.15, -0.1) is 0 Å². The lowest BCUT2D eigenvalue weighted by molar-refractivity contribution is 0.477. The topological polar surface area (TPSA) is 20.2 Å². The first-order chi connectivity index (χ1) is 8.77. The predicted octanol–water partition coefficient (Wildman–Crippen LogP) is 4.87. The minimum atomic E-state index is 0.282. The monoisotopic (exact) mass is 254 g/mol. The molecule has 0 amide bonds. The van der Waals surface area contributed by atoms with Gasteiger partial charge >= 0.3 is 0 Å². The molecule has 0 fully saturated rings. The maximum absolute atomic E-state index is 9.96. The van der Waals surface area contributed by atoms with Gasteiger partial charge in [0.15, 0.2) is 0 Å². The predicted molar refractivity (Wildman–Crippen MR) is 76.1 cm³/mol. The molecule has 0 heterocycles. The van der Waals surface area contributed by atoms with Crippen molar-refractivity contribution in [3.63, 3.8) is 0 Å². The second kappa shape index (κ2) is 4.35. The fraction of sp³-hybridized carbons (Fsp3) is 0. The summed E-state index contributed by atoms with van der Waals surface area (Å²) < 4.78 is 0. The Morgan fingerprint density at radius 2 is 1.33 bits per heavy atom. The number of rotatable bonds is 1. The van der Waals surface area contributed by atoms with E-state index in [1.165, 1.54) is 0 Å². The van der Waals surface area contributed by atoms with Crippen molar-refractivity contribution in [2.45, 2.75) is 0 Å². The van der Waals surface area contributed by atoms with Gasteiger partial charge in [-0.25, -0.2) is 0 Å². The van der Waals surface area contributed by atoms with Crippen molar-refractivity contribution < 1.29 is 5.11 Å². The highest BCUT2D eigenvalue weighted by atomic mass is 35.5. The van der Waals surface area contributed by atoms with E-state index >= 15 is 0 Å². The van der Waals surface area contributed by atoms with Crippen molar-refractivity contribution >= 4 is 22.4 Å². The molecule has 0 aromatic heterocycles. The number of phenolic OH excluding ortho intramolecular Hbond substituents is 1. The van der Waals surface area contributed by atoms with Crippen molar-refractivity contribution in [2.75, 3.05) is 0 Å².